The smallest absolute Gasteiger partial charge is 0.101 e. The highest BCUT2D eigenvalue weighted by molar-refractivity contribution is 6.13. The van der Waals surface area contributed by atoms with Gasteiger partial charge in [0.25, 0.3) is 0 Å². The van der Waals surface area contributed by atoms with Crippen molar-refractivity contribution in [3.63, 3.8) is 0 Å². The van der Waals surface area contributed by atoms with Gasteiger partial charge in [0, 0.05) is 10.8 Å². The van der Waals surface area contributed by atoms with Crippen molar-refractivity contribution in [3.8, 4) is 12.1 Å². The molecule has 0 unspecified atom stereocenters. The van der Waals surface area contributed by atoms with Crippen LogP contribution in [0.4, 0.5) is 0 Å². The molecule has 0 aliphatic heterocycles. The van der Waals surface area contributed by atoms with Gasteiger partial charge in [-0.05, 0) is 24.6 Å². The molecule has 0 aromatic heterocycles. The first kappa shape index (κ1) is 12.2. The van der Waals surface area contributed by atoms with E-state index in [9.17, 15) is 10.5 Å². The molecule has 0 radical (unpaired) electrons. The number of aryl methyl sites for hydroxylation is 2. The third kappa shape index (κ3) is 1.63. The van der Waals surface area contributed by atoms with Gasteiger partial charge in [-0.25, -0.2) is 0 Å². The molecule has 3 rings (SSSR count). The minimum absolute atomic E-state index is 0.471. The van der Waals surface area contributed by atoms with Gasteiger partial charge in [-0.2, -0.15) is 10.5 Å². The van der Waals surface area contributed by atoms with Crippen LogP contribution in [0.3, 0.4) is 0 Å². The molecule has 20 heavy (non-hydrogen) atoms. The van der Waals surface area contributed by atoms with Gasteiger partial charge >= 0.3 is 0 Å². The second kappa shape index (κ2) is 4.37. The first-order valence-corrected chi connectivity index (χ1v) is 6.42. The molecule has 2 heteroatoms. The van der Waals surface area contributed by atoms with Crippen molar-refractivity contribution < 1.29 is 0 Å². The molecule has 3 aromatic rings. The van der Waals surface area contributed by atoms with E-state index in [-0.39, 0.29) is 0 Å². The molecule has 0 saturated heterocycles. The number of fused-ring (bicyclic) bond motifs is 3. The molecular formula is C18H12N2. The standard InChI is InChI=1S/C18H12N2/c1-11-3-5-13-15(7-11)16-8-12(2)4-6-14(16)18(10-20)17(13)9-19/h3-8H,1-2H3. The van der Waals surface area contributed by atoms with Crippen LogP contribution >= 0.6 is 0 Å². The van der Waals surface area contributed by atoms with Gasteiger partial charge in [-0.3, -0.25) is 0 Å². The Bertz CT molecular complexity index is 859. The van der Waals surface area contributed by atoms with Gasteiger partial charge < -0.3 is 0 Å². The quantitative estimate of drug-likeness (QED) is 0.561. The Morgan fingerprint density at radius 1 is 0.650 bits per heavy atom. The lowest BCUT2D eigenvalue weighted by Crippen LogP contribution is -1.91. The monoisotopic (exact) mass is 256 g/mol. The van der Waals surface area contributed by atoms with Crippen molar-refractivity contribution in [1.29, 1.82) is 10.5 Å². The molecule has 0 spiro atoms. The molecular weight excluding hydrogens is 244 g/mol. The third-order valence-electron chi connectivity index (χ3n) is 3.65. The summed E-state index contributed by atoms with van der Waals surface area (Å²) in [5.74, 6) is 0. The first-order chi connectivity index (χ1) is 9.65. The van der Waals surface area contributed by atoms with Crippen LogP contribution in [0.15, 0.2) is 36.4 Å². The van der Waals surface area contributed by atoms with Gasteiger partial charge in [0.15, 0.2) is 0 Å². The fourth-order valence-corrected chi connectivity index (χ4v) is 2.70. The van der Waals surface area contributed by atoms with Gasteiger partial charge in [0.05, 0.1) is 11.1 Å². The topological polar surface area (TPSA) is 47.6 Å². The molecule has 2 nitrogen and oxygen atoms in total. The molecule has 0 aliphatic rings. The summed E-state index contributed by atoms with van der Waals surface area (Å²) in [7, 11) is 0. The second-order valence-electron chi connectivity index (χ2n) is 5.07. The van der Waals surface area contributed by atoms with Crippen LogP contribution < -0.4 is 0 Å². The van der Waals surface area contributed by atoms with Gasteiger partial charge in [-0.15, -0.1) is 0 Å². The predicted octanol–water partition coefficient (Wildman–Crippen LogP) is 4.35. The van der Waals surface area contributed by atoms with Crippen molar-refractivity contribution in [2.45, 2.75) is 13.8 Å². The summed E-state index contributed by atoms with van der Waals surface area (Å²) in [4.78, 5) is 0. The molecule has 0 N–H and O–H groups in total. The Labute approximate surface area is 117 Å². The molecule has 3 aromatic carbocycles. The summed E-state index contributed by atoms with van der Waals surface area (Å²) in [5, 5.41) is 22.7. The van der Waals surface area contributed by atoms with E-state index in [4.69, 9.17) is 0 Å². The average molecular weight is 256 g/mol. The zero-order valence-electron chi connectivity index (χ0n) is 11.4. The number of nitrogens with zero attached hydrogens (tertiary/aromatic N) is 2. The molecule has 0 heterocycles. The van der Waals surface area contributed by atoms with E-state index >= 15 is 0 Å². The summed E-state index contributed by atoms with van der Waals surface area (Å²) in [6.45, 7) is 4.07. The van der Waals surface area contributed by atoms with Gasteiger partial charge in [0.2, 0.25) is 0 Å². The zero-order chi connectivity index (χ0) is 14.3. The van der Waals surface area contributed by atoms with Gasteiger partial charge in [0.1, 0.15) is 12.1 Å². The normalized spacial score (nSPS) is 10.4. The lowest BCUT2D eigenvalue weighted by atomic mass is 9.91. The Balaban J connectivity index is 2.70. The maximum absolute atomic E-state index is 9.43. The van der Waals surface area contributed by atoms with E-state index in [1.165, 1.54) is 0 Å². The molecule has 0 bridgehead atoms. The molecule has 0 aliphatic carbocycles. The highest BCUT2D eigenvalue weighted by Gasteiger charge is 2.14. The summed E-state index contributed by atoms with van der Waals surface area (Å²) < 4.78 is 0. The van der Waals surface area contributed by atoms with Crippen LogP contribution in [0.2, 0.25) is 0 Å². The van der Waals surface area contributed by atoms with Crippen molar-refractivity contribution >= 4 is 21.5 Å². The minimum atomic E-state index is 0.471. The van der Waals surface area contributed by atoms with Crippen molar-refractivity contribution in [3.05, 3.63) is 58.7 Å². The lowest BCUT2D eigenvalue weighted by Gasteiger charge is -2.10. The van der Waals surface area contributed by atoms with Crippen LogP contribution in [0.1, 0.15) is 22.3 Å². The predicted molar refractivity (Wildman–Crippen MR) is 80.4 cm³/mol. The fourth-order valence-electron chi connectivity index (χ4n) is 2.70. The van der Waals surface area contributed by atoms with Crippen LogP contribution in [0.25, 0.3) is 21.5 Å². The first-order valence-electron chi connectivity index (χ1n) is 6.42. The number of rotatable bonds is 0. The van der Waals surface area contributed by atoms with E-state index < -0.39 is 0 Å². The zero-order valence-corrected chi connectivity index (χ0v) is 11.4. The highest BCUT2D eigenvalue weighted by Crippen LogP contribution is 2.33. The minimum Gasteiger partial charge on any atom is -0.192 e. The second-order valence-corrected chi connectivity index (χ2v) is 5.07. The van der Waals surface area contributed by atoms with Crippen LogP contribution in [0.5, 0.6) is 0 Å². The highest BCUT2D eigenvalue weighted by atomic mass is 14.3. The molecule has 0 amide bonds. The summed E-state index contributed by atoms with van der Waals surface area (Å²) in [6.07, 6.45) is 0. The Hall–Kier alpha value is -2.84. The largest absolute Gasteiger partial charge is 0.192 e. The maximum atomic E-state index is 9.43. The maximum Gasteiger partial charge on any atom is 0.101 e. The number of nitriles is 2. The van der Waals surface area contributed by atoms with Crippen molar-refractivity contribution in [2.24, 2.45) is 0 Å². The number of hydrogen-bond acceptors (Lipinski definition) is 2. The molecule has 0 fully saturated rings. The summed E-state index contributed by atoms with van der Waals surface area (Å²) >= 11 is 0. The van der Waals surface area contributed by atoms with E-state index in [1.807, 2.05) is 38.1 Å². The number of hydrogen-bond donors (Lipinski definition) is 0. The fraction of sp³-hybridized carbons (Fsp3) is 0.111. The number of benzene rings is 3. The van der Waals surface area contributed by atoms with Crippen molar-refractivity contribution in [2.75, 3.05) is 0 Å². The van der Waals surface area contributed by atoms with Crippen LogP contribution in [-0.4, -0.2) is 0 Å². The Morgan fingerprint density at radius 3 is 1.40 bits per heavy atom. The van der Waals surface area contributed by atoms with Crippen LogP contribution in [-0.2, 0) is 0 Å². The average Bonchev–Trinajstić information content (AvgIpc) is 2.45. The van der Waals surface area contributed by atoms with E-state index in [2.05, 4.69) is 24.3 Å². The van der Waals surface area contributed by atoms with Gasteiger partial charge in [-0.1, -0.05) is 47.5 Å². The van der Waals surface area contributed by atoms with E-state index in [1.54, 1.807) is 0 Å². The van der Waals surface area contributed by atoms with Crippen LogP contribution in [0, 0.1) is 36.5 Å². The molecule has 0 atom stereocenters. The molecule has 0 saturated carbocycles. The van der Waals surface area contributed by atoms with Crippen molar-refractivity contribution in [1.82, 2.24) is 0 Å². The summed E-state index contributed by atoms with van der Waals surface area (Å²) in [5.41, 5.74) is 3.24. The SMILES string of the molecule is Cc1ccc2c(C#N)c(C#N)c3ccc(C)cc3c2c1. The Morgan fingerprint density at radius 2 is 1.05 bits per heavy atom. The summed E-state index contributed by atoms with van der Waals surface area (Å²) in [6, 6.07) is 16.4. The molecule has 94 valence electrons. The van der Waals surface area contributed by atoms with E-state index in [0.29, 0.717) is 11.1 Å². The van der Waals surface area contributed by atoms with E-state index in [0.717, 1.165) is 32.7 Å². The lowest BCUT2D eigenvalue weighted by molar-refractivity contribution is 1.45. The Kier molecular flexibility index (Phi) is 2.67. The third-order valence-corrected chi connectivity index (χ3v) is 3.65.